The van der Waals surface area contributed by atoms with Crippen LogP contribution in [0, 0.1) is 0 Å². The molecular formula is C17H21N5O3S. The van der Waals surface area contributed by atoms with Gasteiger partial charge in [0, 0.05) is 18.0 Å². The summed E-state index contributed by atoms with van der Waals surface area (Å²) in [4.78, 5) is 32.4. The molecule has 0 unspecified atom stereocenters. The zero-order chi connectivity index (χ0) is 18.1. The molecule has 0 saturated carbocycles. The van der Waals surface area contributed by atoms with Gasteiger partial charge < -0.3 is 15.3 Å². The van der Waals surface area contributed by atoms with E-state index >= 15 is 0 Å². The van der Waals surface area contributed by atoms with Crippen molar-refractivity contribution in [2.75, 3.05) is 19.7 Å². The van der Waals surface area contributed by atoms with Gasteiger partial charge in [0.25, 0.3) is 11.8 Å². The lowest BCUT2D eigenvalue weighted by Crippen LogP contribution is -2.38. The van der Waals surface area contributed by atoms with Gasteiger partial charge in [-0.05, 0) is 31.7 Å². The Hall–Kier alpha value is -2.26. The number of hydrogen-bond donors (Lipinski definition) is 2. The summed E-state index contributed by atoms with van der Waals surface area (Å²) in [5.74, 6) is -0.352. The molecule has 0 aromatic carbocycles. The fourth-order valence-corrected chi connectivity index (χ4v) is 4.51. The summed E-state index contributed by atoms with van der Waals surface area (Å²) in [5.41, 5.74) is 2.24. The number of nitrogens with zero attached hydrogens (tertiary/aromatic N) is 4. The Morgan fingerprint density at radius 2 is 2.12 bits per heavy atom. The molecule has 0 atom stereocenters. The SMILES string of the molecule is O=C(NCCO)c1cc2n(n1)CCN(C(=O)c1nc3c(s1)CCCC3)C2. The van der Waals surface area contributed by atoms with Crippen molar-refractivity contribution in [2.24, 2.45) is 0 Å². The summed E-state index contributed by atoms with van der Waals surface area (Å²) >= 11 is 1.53. The van der Waals surface area contributed by atoms with E-state index in [1.54, 1.807) is 15.6 Å². The summed E-state index contributed by atoms with van der Waals surface area (Å²) in [7, 11) is 0. The number of aryl methyl sites for hydroxylation is 2. The van der Waals surface area contributed by atoms with Crippen molar-refractivity contribution in [2.45, 2.75) is 38.8 Å². The number of nitrogens with one attached hydrogen (secondary N) is 1. The van der Waals surface area contributed by atoms with E-state index in [1.165, 1.54) is 22.6 Å². The van der Waals surface area contributed by atoms with Gasteiger partial charge >= 0.3 is 0 Å². The van der Waals surface area contributed by atoms with Crippen molar-refractivity contribution < 1.29 is 14.7 Å². The molecule has 2 amide bonds. The Balaban J connectivity index is 1.47. The second kappa shape index (κ2) is 7.16. The van der Waals surface area contributed by atoms with Crippen LogP contribution >= 0.6 is 11.3 Å². The topological polar surface area (TPSA) is 100 Å². The number of aliphatic hydroxyl groups is 1. The Bertz CT molecular complexity index is 820. The molecule has 26 heavy (non-hydrogen) atoms. The highest BCUT2D eigenvalue weighted by atomic mass is 32.1. The van der Waals surface area contributed by atoms with Gasteiger partial charge in [0.05, 0.1) is 31.1 Å². The molecule has 1 aliphatic heterocycles. The van der Waals surface area contributed by atoms with Gasteiger partial charge in [0.15, 0.2) is 10.7 Å². The monoisotopic (exact) mass is 375 g/mol. The molecule has 0 radical (unpaired) electrons. The van der Waals surface area contributed by atoms with E-state index in [2.05, 4.69) is 15.4 Å². The maximum atomic E-state index is 12.8. The smallest absolute Gasteiger partial charge is 0.283 e. The third-order valence-corrected chi connectivity index (χ3v) is 5.89. The summed E-state index contributed by atoms with van der Waals surface area (Å²) in [6.07, 6.45) is 4.32. The molecule has 0 spiro atoms. The summed E-state index contributed by atoms with van der Waals surface area (Å²) in [5, 5.41) is 16.3. The van der Waals surface area contributed by atoms with Crippen LogP contribution in [0.5, 0.6) is 0 Å². The number of hydrogen-bond acceptors (Lipinski definition) is 6. The first-order valence-corrected chi connectivity index (χ1v) is 9.71. The average Bonchev–Trinajstić information content (AvgIpc) is 3.28. The van der Waals surface area contributed by atoms with Crippen LogP contribution in [-0.4, -0.2) is 56.3 Å². The zero-order valence-corrected chi connectivity index (χ0v) is 15.2. The number of fused-ring (bicyclic) bond motifs is 2. The highest BCUT2D eigenvalue weighted by Gasteiger charge is 2.27. The van der Waals surface area contributed by atoms with E-state index < -0.39 is 0 Å². The fourth-order valence-electron chi connectivity index (χ4n) is 3.39. The molecule has 2 aliphatic rings. The van der Waals surface area contributed by atoms with Crippen molar-refractivity contribution in [1.82, 2.24) is 25.0 Å². The van der Waals surface area contributed by atoms with Gasteiger partial charge in [-0.1, -0.05) is 0 Å². The van der Waals surface area contributed by atoms with Gasteiger partial charge in [0.1, 0.15) is 0 Å². The Morgan fingerprint density at radius 3 is 2.92 bits per heavy atom. The second-order valence-electron chi connectivity index (χ2n) is 6.55. The van der Waals surface area contributed by atoms with Gasteiger partial charge in [-0.2, -0.15) is 5.10 Å². The maximum Gasteiger partial charge on any atom is 0.283 e. The predicted molar refractivity (Wildman–Crippen MR) is 95.1 cm³/mol. The van der Waals surface area contributed by atoms with E-state index in [-0.39, 0.29) is 25.0 Å². The largest absolute Gasteiger partial charge is 0.395 e. The van der Waals surface area contributed by atoms with Crippen LogP contribution in [-0.2, 0) is 25.9 Å². The number of amides is 2. The van der Waals surface area contributed by atoms with Gasteiger partial charge in [0.2, 0.25) is 0 Å². The molecule has 0 saturated heterocycles. The van der Waals surface area contributed by atoms with Crippen LogP contribution in [0.4, 0.5) is 0 Å². The third-order valence-electron chi connectivity index (χ3n) is 4.74. The quantitative estimate of drug-likeness (QED) is 0.815. The highest BCUT2D eigenvalue weighted by molar-refractivity contribution is 7.13. The van der Waals surface area contributed by atoms with Crippen LogP contribution in [0.15, 0.2) is 6.07 Å². The van der Waals surface area contributed by atoms with Gasteiger partial charge in [-0.15, -0.1) is 11.3 Å². The molecule has 1 aliphatic carbocycles. The van der Waals surface area contributed by atoms with Crippen molar-refractivity contribution >= 4 is 23.2 Å². The molecule has 8 nitrogen and oxygen atoms in total. The van der Waals surface area contributed by atoms with E-state index in [1.807, 2.05) is 0 Å². The standard InChI is InChI=1S/C17H21N5O3S/c23-8-5-18-15(24)13-9-11-10-21(6-7-22(11)20-13)17(25)16-19-12-3-1-2-4-14(12)26-16/h9,23H,1-8,10H2,(H,18,24). The van der Waals surface area contributed by atoms with E-state index in [4.69, 9.17) is 5.11 Å². The Kier molecular flexibility index (Phi) is 4.73. The molecule has 3 heterocycles. The van der Waals surface area contributed by atoms with Crippen molar-refractivity contribution in [3.05, 3.63) is 33.0 Å². The first-order valence-electron chi connectivity index (χ1n) is 8.89. The minimum absolute atomic E-state index is 0.0388. The number of aromatic nitrogens is 3. The van der Waals surface area contributed by atoms with Crippen LogP contribution in [0.1, 0.15) is 49.4 Å². The number of aliphatic hydroxyl groups excluding tert-OH is 1. The van der Waals surface area contributed by atoms with Crippen LogP contribution in [0.25, 0.3) is 0 Å². The summed E-state index contributed by atoms with van der Waals surface area (Å²) in [6.45, 7) is 1.61. The molecular weight excluding hydrogens is 354 g/mol. The zero-order valence-electron chi connectivity index (χ0n) is 14.4. The molecule has 0 bridgehead atoms. The minimum atomic E-state index is -0.313. The Labute approximate surface area is 154 Å². The molecule has 2 aromatic heterocycles. The predicted octanol–water partition coefficient (Wildman–Crippen LogP) is 0.596. The van der Waals surface area contributed by atoms with E-state index in [0.717, 1.165) is 30.7 Å². The Morgan fingerprint density at radius 1 is 1.27 bits per heavy atom. The average molecular weight is 375 g/mol. The van der Waals surface area contributed by atoms with Crippen LogP contribution in [0.2, 0.25) is 0 Å². The summed E-state index contributed by atoms with van der Waals surface area (Å²) in [6, 6.07) is 1.71. The van der Waals surface area contributed by atoms with Crippen molar-refractivity contribution in [1.29, 1.82) is 0 Å². The lowest BCUT2D eigenvalue weighted by Gasteiger charge is -2.26. The third kappa shape index (κ3) is 3.24. The van der Waals surface area contributed by atoms with Crippen molar-refractivity contribution in [3.8, 4) is 0 Å². The molecule has 2 N–H and O–H groups in total. The normalized spacial score (nSPS) is 16.1. The number of carbonyl (C=O) groups is 2. The van der Waals surface area contributed by atoms with E-state index in [9.17, 15) is 9.59 Å². The number of rotatable bonds is 4. The highest BCUT2D eigenvalue weighted by Crippen LogP contribution is 2.28. The number of thiazole rings is 1. The lowest BCUT2D eigenvalue weighted by atomic mass is 10.0. The molecule has 138 valence electrons. The lowest BCUT2D eigenvalue weighted by molar-refractivity contribution is 0.0704. The van der Waals surface area contributed by atoms with Gasteiger partial charge in [-0.3, -0.25) is 14.3 Å². The molecule has 2 aromatic rings. The first kappa shape index (κ1) is 17.2. The van der Waals surface area contributed by atoms with Crippen LogP contribution in [0.3, 0.4) is 0 Å². The van der Waals surface area contributed by atoms with Crippen LogP contribution < -0.4 is 5.32 Å². The first-order chi connectivity index (χ1) is 12.7. The fraction of sp³-hybridized carbons (Fsp3) is 0.529. The molecule has 4 rings (SSSR count). The van der Waals surface area contributed by atoms with E-state index in [0.29, 0.717) is 30.3 Å². The van der Waals surface area contributed by atoms with Crippen molar-refractivity contribution in [3.63, 3.8) is 0 Å². The maximum absolute atomic E-state index is 12.8. The second-order valence-corrected chi connectivity index (χ2v) is 7.63. The minimum Gasteiger partial charge on any atom is -0.395 e. The summed E-state index contributed by atoms with van der Waals surface area (Å²) < 4.78 is 1.77. The molecule has 9 heteroatoms. The number of carbonyl (C=O) groups excluding carboxylic acids is 2. The molecule has 0 fully saturated rings. The van der Waals surface area contributed by atoms with Gasteiger partial charge in [-0.25, -0.2) is 4.98 Å².